The highest BCUT2D eigenvalue weighted by atomic mass is 16.7. The molecule has 1 aliphatic heterocycles. The Morgan fingerprint density at radius 3 is 2.80 bits per heavy atom. The van der Waals surface area contributed by atoms with Crippen LogP contribution < -0.4 is 0 Å². The van der Waals surface area contributed by atoms with E-state index in [4.69, 9.17) is 13.9 Å². The first-order valence-corrected chi connectivity index (χ1v) is 5.45. The summed E-state index contributed by atoms with van der Waals surface area (Å²) in [7, 11) is 0. The third-order valence-corrected chi connectivity index (χ3v) is 2.65. The fourth-order valence-corrected chi connectivity index (χ4v) is 1.80. The maximum atomic E-state index is 5.52. The minimum absolute atomic E-state index is 0.351. The number of hydrogen-bond acceptors (Lipinski definition) is 4. The van der Waals surface area contributed by atoms with E-state index in [1.165, 1.54) is 0 Å². The van der Waals surface area contributed by atoms with E-state index >= 15 is 0 Å². The third kappa shape index (κ3) is 3.04. The van der Waals surface area contributed by atoms with Crippen molar-refractivity contribution in [2.75, 3.05) is 13.2 Å². The van der Waals surface area contributed by atoms with Gasteiger partial charge in [-0.1, -0.05) is 0 Å². The van der Waals surface area contributed by atoms with Crippen LogP contribution in [0.2, 0.25) is 0 Å². The molecular weight excluding hydrogens is 194 g/mol. The van der Waals surface area contributed by atoms with Gasteiger partial charge in [-0.25, -0.2) is 4.98 Å². The molecule has 0 unspecified atom stereocenters. The summed E-state index contributed by atoms with van der Waals surface area (Å²) in [5.41, 5.74) is 0. The lowest BCUT2D eigenvalue weighted by molar-refractivity contribution is -0.147. The lowest BCUT2D eigenvalue weighted by Crippen LogP contribution is -2.25. The van der Waals surface area contributed by atoms with E-state index in [0.717, 1.165) is 44.8 Å². The highest BCUT2D eigenvalue weighted by Crippen LogP contribution is 2.24. The third-order valence-electron chi connectivity index (χ3n) is 2.65. The van der Waals surface area contributed by atoms with Crippen LogP contribution in [0.15, 0.2) is 16.9 Å². The summed E-state index contributed by atoms with van der Waals surface area (Å²) in [4.78, 5) is 4.07. The first-order chi connectivity index (χ1) is 7.29. The van der Waals surface area contributed by atoms with Crippen LogP contribution in [0, 0.1) is 0 Å². The summed E-state index contributed by atoms with van der Waals surface area (Å²) in [5.74, 6) is 0.463. The van der Waals surface area contributed by atoms with Gasteiger partial charge in [0.1, 0.15) is 6.26 Å². The van der Waals surface area contributed by atoms with E-state index in [1.54, 1.807) is 12.5 Å². The average Bonchev–Trinajstić information content (AvgIpc) is 2.84. The number of unbranched alkanes of at least 4 members (excludes halogenated alkanes) is 1. The second-order valence-electron chi connectivity index (χ2n) is 3.96. The highest BCUT2D eigenvalue weighted by molar-refractivity contribution is 4.79. The molecular formula is C11H17NO3. The fourth-order valence-electron chi connectivity index (χ4n) is 1.80. The summed E-state index contributed by atoms with van der Waals surface area (Å²) >= 11 is 0. The number of aromatic nitrogens is 1. The van der Waals surface area contributed by atoms with Crippen LogP contribution in [0.25, 0.3) is 0 Å². The van der Waals surface area contributed by atoms with Crippen molar-refractivity contribution in [1.29, 1.82) is 0 Å². The van der Waals surface area contributed by atoms with Crippen LogP contribution in [0.4, 0.5) is 0 Å². The Morgan fingerprint density at radius 2 is 2.13 bits per heavy atom. The zero-order valence-electron chi connectivity index (χ0n) is 9.07. The van der Waals surface area contributed by atoms with Crippen LogP contribution in [-0.4, -0.2) is 24.0 Å². The molecule has 4 nitrogen and oxygen atoms in total. The Morgan fingerprint density at radius 1 is 1.33 bits per heavy atom. The van der Waals surface area contributed by atoms with Gasteiger partial charge < -0.3 is 13.9 Å². The van der Waals surface area contributed by atoms with Gasteiger partial charge in [0, 0.05) is 12.8 Å². The zero-order chi connectivity index (χ0) is 10.6. The molecule has 0 bridgehead atoms. The molecule has 1 aliphatic rings. The smallest absolute Gasteiger partial charge is 0.193 e. The molecule has 1 aromatic rings. The predicted molar refractivity (Wildman–Crippen MR) is 54.4 cm³/mol. The molecule has 0 spiro atoms. The SMILES string of the molecule is CC1(CCCCc2ncco2)OCCO1. The first kappa shape index (κ1) is 10.6. The van der Waals surface area contributed by atoms with E-state index < -0.39 is 0 Å². The molecule has 0 radical (unpaired) electrons. The van der Waals surface area contributed by atoms with Gasteiger partial charge in [0.15, 0.2) is 11.7 Å². The second kappa shape index (κ2) is 4.77. The van der Waals surface area contributed by atoms with Crippen molar-refractivity contribution in [2.24, 2.45) is 0 Å². The number of aryl methyl sites for hydroxylation is 1. The molecule has 0 saturated carbocycles. The summed E-state index contributed by atoms with van der Waals surface area (Å²) in [6, 6.07) is 0. The fraction of sp³-hybridized carbons (Fsp3) is 0.727. The molecule has 0 aromatic carbocycles. The largest absolute Gasteiger partial charge is 0.449 e. The lowest BCUT2D eigenvalue weighted by atomic mass is 10.1. The number of hydrogen-bond donors (Lipinski definition) is 0. The van der Waals surface area contributed by atoms with Gasteiger partial charge in [-0.15, -0.1) is 0 Å². The minimum Gasteiger partial charge on any atom is -0.449 e. The summed E-state index contributed by atoms with van der Waals surface area (Å²) in [6.45, 7) is 3.44. The maximum absolute atomic E-state index is 5.52. The van der Waals surface area contributed by atoms with Gasteiger partial charge in [0.25, 0.3) is 0 Å². The quantitative estimate of drug-likeness (QED) is 0.700. The van der Waals surface area contributed by atoms with Crippen LogP contribution in [0.1, 0.15) is 32.1 Å². The normalized spacial score (nSPS) is 19.5. The second-order valence-corrected chi connectivity index (χ2v) is 3.96. The summed E-state index contributed by atoms with van der Waals surface area (Å²) in [5, 5.41) is 0. The predicted octanol–water partition coefficient (Wildman–Crippen LogP) is 2.15. The Kier molecular flexibility index (Phi) is 3.38. The Balaban J connectivity index is 1.62. The van der Waals surface area contributed by atoms with Crippen molar-refractivity contribution in [3.8, 4) is 0 Å². The molecule has 0 N–H and O–H groups in total. The van der Waals surface area contributed by atoms with Crippen LogP contribution in [0.5, 0.6) is 0 Å². The zero-order valence-corrected chi connectivity index (χ0v) is 9.07. The van der Waals surface area contributed by atoms with Crippen molar-refractivity contribution in [2.45, 2.75) is 38.4 Å². The molecule has 1 aromatic heterocycles. The van der Waals surface area contributed by atoms with Gasteiger partial charge in [0.05, 0.1) is 19.4 Å². The molecule has 0 amide bonds. The first-order valence-electron chi connectivity index (χ1n) is 5.45. The van der Waals surface area contributed by atoms with E-state index in [0.29, 0.717) is 0 Å². The van der Waals surface area contributed by atoms with Gasteiger partial charge in [-0.3, -0.25) is 0 Å². The van der Waals surface area contributed by atoms with Gasteiger partial charge >= 0.3 is 0 Å². The molecule has 15 heavy (non-hydrogen) atoms. The standard InChI is InChI=1S/C11H17NO3/c1-11(14-8-9-15-11)5-3-2-4-10-12-6-7-13-10/h6-7H,2-5,8-9H2,1H3. The van der Waals surface area contributed by atoms with Crippen LogP contribution in [-0.2, 0) is 15.9 Å². The van der Waals surface area contributed by atoms with Crippen molar-refractivity contribution in [1.82, 2.24) is 4.98 Å². The van der Waals surface area contributed by atoms with Crippen LogP contribution >= 0.6 is 0 Å². The summed E-state index contributed by atoms with van der Waals surface area (Å²) < 4.78 is 16.2. The van der Waals surface area contributed by atoms with E-state index in [2.05, 4.69) is 4.98 Å². The molecule has 4 heteroatoms. The Labute approximate surface area is 89.6 Å². The molecule has 2 heterocycles. The molecule has 84 valence electrons. The highest BCUT2D eigenvalue weighted by Gasteiger charge is 2.29. The van der Waals surface area contributed by atoms with E-state index in [1.807, 2.05) is 6.92 Å². The molecule has 1 saturated heterocycles. The maximum Gasteiger partial charge on any atom is 0.193 e. The molecule has 1 fully saturated rings. The van der Waals surface area contributed by atoms with Crippen molar-refractivity contribution >= 4 is 0 Å². The molecule has 2 rings (SSSR count). The lowest BCUT2D eigenvalue weighted by Gasteiger charge is -2.21. The van der Waals surface area contributed by atoms with E-state index in [-0.39, 0.29) is 5.79 Å². The minimum atomic E-state index is -0.351. The van der Waals surface area contributed by atoms with Crippen LogP contribution in [0.3, 0.4) is 0 Å². The average molecular weight is 211 g/mol. The monoisotopic (exact) mass is 211 g/mol. The van der Waals surface area contributed by atoms with Gasteiger partial charge in [-0.05, 0) is 19.8 Å². The number of oxazole rings is 1. The topological polar surface area (TPSA) is 44.5 Å². The van der Waals surface area contributed by atoms with E-state index in [9.17, 15) is 0 Å². The Hall–Kier alpha value is -0.870. The number of ether oxygens (including phenoxy) is 2. The molecule has 0 atom stereocenters. The molecule has 0 aliphatic carbocycles. The van der Waals surface area contributed by atoms with Gasteiger partial charge in [-0.2, -0.15) is 0 Å². The van der Waals surface area contributed by atoms with Crippen molar-refractivity contribution < 1.29 is 13.9 Å². The van der Waals surface area contributed by atoms with Crippen molar-refractivity contribution in [3.05, 3.63) is 18.4 Å². The van der Waals surface area contributed by atoms with Crippen molar-refractivity contribution in [3.63, 3.8) is 0 Å². The van der Waals surface area contributed by atoms with Gasteiger partial charge in [0.2, 0.25) is 0 Å². The summed E-state index contributed by atoms with van der Waals surface area (Å²) in [6.07, 6.45) is 7.25. The number of rotatable bonds is 5. The number of nitrogens with zero attached hydrogens (tertiary/aromatic N) is 1. The Bertz CT molecular complexity index is 278.